The van der Waals surface area contributed by atoms with Gasteiger partial charge in [-0.2, -0.15) is 0 Å². The maximum absolute atomic E-state index is 11.8. The zero-order chi connectivity index (χ0) is 13.9. The number of amides is 1. The predicted molar refractivity (Wildman–Crippen MR) is 70.9 cm³/mol. The summed E-state index contributed by atoms with van der Waals surface area (Å²) < 4.78 is 22.1. The van der Waals surface area contributed by atoms with E-state index in [1.54, 1.807) is 6.92 Å². The predicted octanol–water partition coefficient (Wildman–Crippen LogP) is 1.55. The van der Waals surface area contributed by atoms with E-state index in [-0.39, 0.29) is 21.5 Å². The van der Waals surface area contributed by atoms with E-state index in [1.165, 1.54) is 12.3 Å². The molecule has 1 aromatic rings. The number of carbonyl (C=O) groups is 1. The van der Waals surface area contributed by atoms with Crippen molar-refractivity contribution in [2.24, 2.45) is 0 Å². The van der Waals surface area contributed by atoms with Crippen molar-refractivity contribution in [3.63, 3.8) is 0 Å². The van der Waals surface area contributed by atoms with Crippen molar-refractivity contribution in [2.45, 2.75) is 13.0 Å². The third-order valence-corrected chi connectivity index (χ3v) is 3.78. The van der Waals surface area contributed by atoms with Crippen molar-refractivity contribution < 1.29 is 13.2 Å². The van der Waals surface area contributed by atoms with Crippen molar-refractivity contribution in [1.82, 2.24) is 10.3 Å². The molecule has 0 saturated heterocycles. The lowest BCUT2D eigenvalue weighted by molar-refractivity contribution is 0.0943. The number of rotatable bonds is 4. The summed E-state index contributed by atoms with van der Waals surface area (Å²) in [6, 6.07) is 0.876. The Labute approximate surface area is 115 Å². The monoisotopic (exact) mass is 310 g/mol. The lowest BCUT2D eigenvalue weighted by Crippen LogP contribution is -2.37. The molecular weight excluding hydrogens is 299 g/mol. The molecule has 1 N–H and O–H groups in total. The third kappa shape index (κ3) is 4.80. The number of halogens is 2. The molecule has 0 spiro atoms. The molecule has 8 heteroatoms. The van der Waals surface area contributed by atoms with Gasteiger partial charge in [-0.15, -0.1) is 0 Å². The standard InChI is InChI=1S/C10H12Cl2N2O3S/c1-6(5-18(2,16)17)14-10(15)7-3-8(11)9(12)13-4-7/h3-4,6H,5H2,1-2H3,(H,14,15). The van der Waals surface area contributed by atoms with E-state index in [2.05, 4.69) is 10.3 Å². The quantitative estimate of drug-likeness (QED) is 0.856. The Morgan fingerprint density at radius 1 is 1.50 bits per heavy atom. The second kappa shape index (κ2) is 5.86. The molecular formula is C10H12Cl2N2O3S. The van der Waals surface area contributed by atoms with Crippen LogP contribution < -0.4 is 5.32 Å². The summed E-state index contributed by atoms with van der Waals surface area (Å²) in [5, 5.41) is 2.82. The molecule has 0 radical (unpaired) electrons. The fourth-order valence-corrected chi connectivity index (χ4v) is 2.61. The first kappa shape index (κ1) is 15.2. The highest BCUT2D eigenvalue weighted by molar-refractivity contribution is 7.90. The number of nitrogens with zero attached hydrogens (tertiary/aromatic N) is 1. The number of sulfone groups is 1. The minimum absolute atomic E-state index is 0.109. The largest absolute Gasteiger partial charge is 0.349 e. The maximum Gasteiger partial charge on any atom is 0.253 e. The van der Waals surface area contributed by atoms with Crippen LogP contribution in [-0.4, -0.2) is 37.4 Å². The molecule has 0 saturated carbocycles. The molecule has 0 aliphatic heterocycles. The van der Waals surface area contributed by atoms with Crippen molar-refractivity contribution in [3.05, 3.63) is 28.0 Å². The fourth-order valence-electron chi connectivity index (χ4n) is 1.35. The first-order valence-corrected chi connectivity index (χ1v) is 7.80. The number of hydrogen-bond donors (Lipinski definition) is 1. The molecule has 100 valence electrons. The summed E-state index contributed by atoms with van der Waals surface area (Å²) in [7, 11) is -3.14. The van der Waals surface area contributed by atoms with E-state index in [0.29, 0.717) is 0 Å². The lowest BCUT2D eigenvalue weighted by atomic mass is 10.2. The maximum atomic E-state index is 11.8. The van der Waals surface area contributed by atoms with Crippen LogP contribution >= 0.6 is 23.2 Å². The Balaban J connectivity index is 2.73. The number of pyridine rings is 1. The molecule has 0 bridgehead atoms. The summed E-state index contributed by atoms with van der Waals surface area (Å²) in [5.41, 5.74) is 0.227. The number of aromatic nitrogens is 1. The van der Waals surface area contributed by atoms with Gasteiger partial charge in [0, 0.05) is 18.5 Å². The average molecular weight is 311 g/mol. The molecule has 1 heterocycles. The van der Waals surface area contributed by atoms with Gasteiger partial charge in [-0.25, -0.2) is 13.4 Å². The molecule has 1 aromatic heterocycles. The van der Waals surface area contributed by atoms with Crippen LogP contribution in [0.4, 0.5) is 0 Å². The Bertz CT molecular complexity index is 560. The van der Waals surface area contributed by atoms with Crippen LogP contribution in [0.1, 0.15) is 17.3 Å². The Kier molecular flexibility index (Phi) is 4.95. The Hall–Kier alpha value is -0.850. The normalized spacial score (nSPS) is 13.1. The summed E-state index contributed by atoms with van der Waals surface area (Å²) in [4.78, 5) is 15.5. The zero-order valence-electron chi connectivity index (χ0n) is 9.78. The van der Waals surface area contributed by atoms with E-state index in [0.717, 1.165) is 6.26 Å². The minimum Gasteiger partial charge on any atom is -0.349 e. The molecule has 0 fully saturated rings. The van der Waals surface area contributed by atoms with Gasteiger partial charge < -0.3 is 5.32 Å². The fraction of sp³-hybridized carbons (Fsp3) is 0.400. The summed E-state index contributed by atoms with van der Waals surface area (Å²) >= 11 is 11.4. The van der Waals surface area contributed by atoms with E-state index in [1.807, 2.05) is 0 Å². The summed E-state index contributed by atoms with van der Waals surface area (Å²) in [6.45, 7) is 1.60. The second-order valence-corrected chi connectivity index (χ2v) is 6.91. The van der Waals surface area contributed by atoms with E-state index < -0.39 is 21.8 Å². The van der Waals surface area contributed by atoms with Gasteiger partial charge >= 0.3 is 0 Å². The van der Waals surface area contributed by atoms with Crippen LogP contribution in [-0.2, 0) is 9.84 Å². The summed E-state index contributed by atoms with van der Waals surface area (Å²) in [5.74, 6) is -0.578. The van der Waals surface area contributed by atoms with Gasteiger partial charge in [0.15, 0.2) is 0 Å². The molecule has 0 aliphatic carbocycles. The van der Waals surface area contributed by atoms with Gasteiger partial charge in [-0.1, -0.05) is 23.2 Å². The highest BCUT2D eigenvalue weighted by Crippen LogP contribution is 2.19. The van der Waals surface area contributed by atoms with Crippen LogP contribution in [0.2, 0.25) is 10.2 Å². The van der Waals surface area contributed by atoms with Gasteiger partial charge in [0.2, 0.25) is 0 Å². The van der Waals surface area contributed by atoms with Gasteiger partial charge in [0.05, 0.1) is 16.3 Å². The number of nitrogens with one attached hydrogen (secondary N) is 1. The SMILES string of the molecule is CC(CS(C)(=O)=O)NC(=O)c1cnc(Cl)c(Cl)c1. The first-order chi connectivity index (χ1) is 8.19. The van der Waals surface area contributed by atoms with E-state index in [4.69, 9.17) is 23.2 Å². The molecule has 0 aromatic carbocycles. The zero-order valence-corrected chi connectivity index (χ0v) is 12.1. The summed E-state index contributed by atoms with van der Waals surface area (Å²) in [6.07, 6.45) is 2.38. The van der Waals surface area contributed by atoms with Crippen molar-refractivity contribution in [3.8, 4) is 0 Å². The van der Waals surface area contributed by atoms with Crippen LogP contribution in [0, 0.1) is 0 Å². The van der Waals surface area contributed by atoms with Gasteiger partial charge in [-0.3, -0.25) is 4.79 Å². The topological polar surface area (TPSA) is 76.1 Å². The smallest absolute Gasteiger partial charge is 0.253 e. The van der Waals surface area contributed by atoms with Crippen LogP contribution in [0.25, 0.3) is 0 Å². The first-order valence-electron chi connectivity index (χ1n) is 4.98. The molecule has 1 rings (SSSR count). The van der Waals surface area contributed by atoms with Gasteiger partial charge in [-0.05, 0) is 13.0 Å². The van der Waals surface area contributed by atoms with Gasteiger partial charge in [0.25, 0.3) is 5.91 Å². The average Bonchev–Trinajstić information content (AvgIpc) is 2.18. The lowest BCUT2D eigenvalue weighted by Gasteiger charge is -2.12. The molecule has 18 heavy (non-hydrogen) atoms. The van der Waals surface area contributed by atoms with E-state index >= 15 is 0 Å². The highest BCUT2D eigenvalue weighted by atomic mass is 35.5. The Morgan fingerprint density at radius 3 is 2.61 bits per heavy atom. The highest BCUT2D eigenvalue weighted by Gasteiger charge is 2.15. The molecule has 1 amide bonds. The van der Waals surface area contributed by atoms with Gasteiger partial charge in [0.1, 0.15) is 15.0 Å². The number of hydrogen-bond acceptors (Lipinski definition) is 4. The molecule has 5 nitrogen and oxygen atoms in total. The van der Waals surface area contributed by atoms with Crippen molar-refractivity contribution in [2.75, 3.05) is 12.0 Å². The van der Waals surface area contributed by atoms with Crippen LogP contribution in [0.3, 0.4) is 0 Å². The minimum atomic E-state index is -3.14. The van der Waals surface area contributed by atoms with E-state index in [9.17, 15) is 13.2 Å². The molecule has 0 aliphatic rings. The Morgan fingerprint density at radius 2 is 2.11 bits per heavy atom. The van der Waals surface area contributed by atoms with Crippen molar-refractivity contribution in [1.29, 1.82) is 0 Å². The molecule has 1 atom stereocenters. The number of carbonyl (C=O) groups excluding carboxylic acids is 1. The van der Waals surface area contributed by atoms with Crippen LogP contribution in [0.15, 0.2) is 12.3 Å². The third-order valence-electron chi connectivity index (χ3n) is 1.99. The molecule has 1 unspecified atom stereocenters. The van der Waals surface area contributed by atoms with Crippen molar-refractivity contribution >= 4 is 38.9 Å². The second-order valence-electron chi connectivity index (χ2n) is 3.96. The van der Waals surface area contributed by atoms with Crippen LogP contribution in [0.5, 0.6) is 0 Å².